The lowest BCUT2D eigenvalue weighted by Crippen LogP contribution is -2.16. The first-order valence-corrected chi connectivity index (χ1v) is 7.63. The molecule has 4 aromatic rings. The minimum absolute atomic E-state index is 0.355. The molecule has 0 saturated heterocycles. The van der Waals surface area contributed by atoms with Gasteiger partial charge in [-0.05, 0) is 30.3 Å². The first-order chi connectivity index (χ1) is 12.7. The number of hydrogen-bond donors (Lipinski definition) is 1. The van der Waals surface area contributed by atoms with Crippen LogP contribution in [0.25, 0.3) is 11.5 Å². The van der Waals surface area contributed by atoms with E-state index in [-0.39, 0.29) is 11.7 Å². The normalized spacial score (nSPS) is 10.7. The highest BCUT2D eigenvalue weighted by atomic mass is 19.1. The number of halogens is 1. The second-order valence-corrected chi connectivity index (χ2v) is 5.31. The average Bonchev–Trinajstić information content (AvgIpc) is 3.34. The van der Waals surface area contributed by atoms with Crippen LogP contribution < -0.4 is 5.32 Å². The molecule has 1 amide bonds. The van der Waals surface area contributed by atoms with Crippen molar-refractivity contribution < 1.29 is 9.18 Å². The summed E-state index contributed by atoms with van der Waals surface area (Å²) in [6.45, 7) is 0. The Kier molecular flexibility index (Phi) is 3.94. The third-order valence-corrected chi connectivity index (χ3v) is 3.60. The minimum atomic E-state index is -0.387. The number of carbonyl (C=O) groups is 1. The number of nitrogens with one attached hydrogen (secondary N) is 1. The van der Waals surface area contributed by atoms with Crippen LogP contribution in [-0.4, -0.2) is 35.4 Å². The average molecular weight is 349 g/mol. The monoisotopic (exact) mass is 349 g/mol. The summed E-state index contributed by atoms with van der Waals surface area (Å²) in [4.78, 5) is 20.6. The molecule has 0 atom stereocenters. The summed E-state index contributed by atoms with van der Waals surface area (Å²) in [6.07, 6.45) is 5.90. The predicted octanol–water partition coefficient (Wildman–Crippen LogP) is 2.24. The molecule has 26 heavy (non-hydrogen) atoms. The first-order valence-electron chi connectivity index (χ1n) is 7.63. The van der Waals surface area contributed by atoms with E-state index in [1.54, 1.807) is 30.3 Å². The summed E-state index contributed by atoms with van der Waals surface area (Å²) in [5.74, 6) is 0.141. The summed E-state index contributed by atoms with van der Waals surface area (Å²) in [7, 11) is 0. The summed E-state index contributed by atoms with van der Waals surface area (Å²) in [5.41, 5.74) is 0.890. The Morgan fingerprint density at radius 2 is 2.00 bits per heavy atom. The largest absolute Gasteiger partial charge is 0.306 e. The topological polar surface area (TPSA) is 90.5 Å². The molecule has 8 nitrogen and oxygen atoms in total. The van der Waals surface area contributed by atoms with Gasteiger partial charge in [0.05, 0.1) is 11.9 Å². The van der Waals surface area contributed by atoms with Crippen LogP contribution in [0.1, 0.15) is 10.4 Å². The molecule has 128 valence electrons. The smallest absolute Gasteiger partial charge is 0.257 e. The van der Waals surface area contributed by atoms with Gasteiger partial charge >= 0.3 is 0 Å². The first kappa shape index (κ1) is 15.6. The number of carbonyl (C=O) groups excluding carboxylic acids is 1. The number of hydrogen-bond acceptors (Lipinski definition) is 5. The van der Waals surface area contributed by atoms with Gasteiger partial charge in [-0.25, -0.2) is 23.7 Å². The van der Waals surface area contributed by atoms with Crippen molar-refractivity contribution in [3.05, 3.63) is 78.9 Å². The van der Waals surface area contributed by atoms with E-state index in [9.17, 15) is 9.18 Å². The van der Waals surface area contributed by atoms with Crippen LogP contribution in [0.15, 0.2) is 67.5 Å². The molecule has 0 fully saturated rings. The van der Waals surface area contributed by atoms with Gasteiger partial charge in [0.25, 0.3) is 5.91 Å². The van der Waals surface area contributed by atoms with Gasteiger partial charge in [-0.3, -0.25) is 4.79 Å². The van der Waals surface area contributed by atoms with Gasteiger partial charge in [-0.2, -0.15) is 10.2 Å². The molecule has 0 unspecified atom stereocenters. The van der Waals surface area contributed by atoms with Crippen molar-refractivity contribution in [2.24, 2.45) is 0 Å². The zero-order valence-corrected chi connectivity index (χ0v) is 13.3. The molecule has 0 aliphatic heterocycles. The highest BCUT2D eigenvalue weighted by molar-refractivity contribution is 6.04. The van der Waals surface area contributed by atoms with Crippen molar-refractivity contribution in [3.63, 3.8) is 0 Å². The lowest BCUT2D eigenvalue weighted by Gasteiger charge is -2.09. The van der Waals surface area contributed by atoms with Crippen LogP contribution in [0.5, 0.6) is 0 Å². The molecule has 0 radical (unpaired) electrons. The number of aromatic nitrogens is 6. The van der Waals surface area contributed by atoms with Crippen LogP contribution in [0.3, 0.4) is 0 Å². The summed E-state index contributed by atoms with van der Waals surface area (Å²) < 4.78 is 16.3. The van der Waals surface area contributed by atoms with Gasteiger partial charge in [-0.15, -0.1) is 0 Å². The zero-order chi connectivity index (χ0) is 17.9. The third-order valence-electron chi connectivity index (χ3n) is 3.60. The van der Waals surface area contributed by atoms with E-state index in [1.807, 2.05) is 0 Å². The number of amides is 1. The standard InChI is InChI=1S/C17H12FN7O/c18-13-2-1-3-14(9-13)25-15(5-7-21-25)23-17(26)12-4-6-20-16(8-12)24-11-19-10-22-24/h1-11H,(H,23,26). The Hall–Kier alpha value is -3.88. The number of benzene rings is 1. The van der Waals surface area contributed by atoms with Crippen LogP contribution >= 0.6 is 0 Å². The molecule has 0 aliphatic carbocycles. The van der Waals surface area contributed by atoms with E-state index in [0.717, 1.165) is 0 Å². The highest BCUT2D eigenvalue weighted by Crippen LogP contribution is 2.17. The fourth-order valence-electron chi connectivity index (χ4n) is 2.41. The number of anilines is 1. The van der Waals surface area contributed by atoms with Crippen molar-refractivity contribution >= 4 is 11.7 Å². The lowest BCUT2D eigenvalue weighted by molar-refractivity contribution is 0.102. The molecule has 1 aromatic carbocycles. The van der Waals surface area contributed by atoms with Crippen LogP contribution in [0, 0.1) is 5.82 Å². The fraction of sp³-hybridized carbons (Fsp3) is 0. The molecule has 0 bridgehead atoms. The molecule has 3 aromatic heterocycles. The number of rotatable bonds is 4. The molecule has 1 N–H and O–H groups in total. The molecule has 0 saturated carbocycles. The summed E-state index contributed by atoms with van der Waals surface area (Å²) in [5, 5.41) is 10.9. The quantitative estimate of drug-likeness (QED) is 0.610. The fourth-order valence-corrected chi connectivity index (χ4v) is 2.41. The maximum Gasteiger partial charge on any atom is 0.257 e. The predicted molar refractivity (Wildman–Crippen MR) is 90.6 cm³/mol. The molecular formula is C17H12FN7O. The van der Waals surface area contributed by atoms with Gasteiger partial charge in [0.15, 0.2) is 5.82 Å². The Morgan fingerprint density at radius 1 is 1.08 bits per heavy atom. The van der Waals surface area contributed by atoms with E-state index in [4.69, 9.17) is 0 Å². The van der Waals surface area contributed by atoms with Gasteiger partial charge in [0.2, 0.25) is 0 Å². The van der Waals surface area contributed by atoms with Crippen molar-refractivity contribution in [1.82, 2.24) is 29.5 Å². The minimum Gasteiger partial charge on any atom is -0.306 e. The summed E-state index contributed by atoms with van der Waals surface area (Å²) in [6, 6.07) is 10.7. The number of pyridine rings is 1. The van der Waals surface area contributed by atoms with E-state index >= 15 is 0 Å². The zero-order valence-electron chi connectivity index (χ0n) is 13.3. The SMILES string of the molecule is O=C(Nc1ccnn1-c1cccc(F)c1)c1ccnc(-n2cncn2)c1. The van der Waals surface area contributed by atoms with Gasteiger partial charge in [-0.1, -0.05) is 6.07 Å². The Labute approximate surface area is 146 Å². The molecular weight excluding hydrogens is 337 g/mol. The molecule has 9 heteroatoms. The van der Waals surface area contributed by atoms with Gasteiger partial charge in [0.1, 0.15) is 24.3 Å². The molecule has 0 spiro atoms. The van der Waals surface area contributed by atoms with E-state index in [2.05, 4.69) is 25.5 Å². The van der Waals surface area contributed by atoms with Crippen molar-refractivity contribution in [1.29, 1.82) is 0 Å². The Balaban J connectivity index is 1.60. The third kappa shape index (κ3) is 3.05. The second-order valence-electron chi connectivity index (χ2n) is 5.31. The Bertz CT molecular complexity index is 1060. The lowest BCUT2D eigenvalue weighted by atomic mass is 10.2. The molecule has 4 rings (SSSR count). The maximum absolute atomic E-state index is 13.4. The number of nitrogens with zero attached hydrogens (tertiary/aromatic N) is 6. The van der Waals surface area contributed by atoms with Gasteiger partial charge < -0.3 is 5.32 Å². The Morgan fingerprint density at radius 3 is 2.81 bits per heavy atom. The molecule has 3 heterocycles. The van der Waals surface area contributed by atoms with Crippen molar-refractivity contribution in [3.8, 4) is 11.5 Å². The van der Waals surface area contributed by atoms with Gasteiger partial charge in [0, 0.05) is 17.8 Å². The van der Waals surface area contributed by atoms with Crippen molar-refractivity contribution in [2.45, 2.75) is 0 Å². The van der Waals surface area contributed by atoms with E-state index in [0.29, 0.717) is 22.9 Å². The van der Waals surface area contributed by atoms with E-state index in [1.165, 1.54) is 46.5 Å². The van der Waals surface area contributed by atoms with Crippen molar-refractivity contribution in [2.75, 3.05) is 5.32 Å². The molecule has 0 aliphatic rings. The second kappa shape index (κ2) is 6.55. The summed E-state index contributed by atoms with van der Waals surface area (Å²) >= 11 is 0. The van der Waals surface area contributed by atoms with E-state index < -0.39 is 0 Å². The van der Waals surface area contributed by atoms with Crippen LogP contribution in [0.2, 0.25) is 0 Å². The maximum atomic E-state index is 13.4. The van der Waals surface area contributed by atoms with Crippen LogP contribution in [0.4, 0.5) is 10.2 Å². The van der Waals surface area contributed by atoms with Crippen LogP contribution in [-0.2, 0) is 0 Å². The highest BCUT2D eigenvalue weighted by Gasteiger charge is 2.12.